The predicted molar refractivity (Wildman–Crippen MR) is 62.2 cm³/mol. The largest absolute Gasteiger partial charge is 0.392 e. The standard InChI is InChI=1S/C8H16N2O3S2/c1-13-5-6-15(11,12)10-4-2-3-7(10)8(9)14/h7H,2-6H2,1H3,(H2,9,14). The summed E-state index contributed by atoms with van der Waals surface area (Å²) in [6, 6.07) is -0.304. The number of nitrogens with two attached hydrogens (primary N) is 1. The molecule has 0 aliphatic carbocycles. The highest BCUT2D eigenvalue weighted by atomic mass is 32.2. The molecule has 15 heavy (non-hydrogen) atoms. The van der Waals surface area contributed by atoms with Crippen LogP contribution in [0.25, 0.3) is 0 Å². The maximum Gasteiger partial charge on any atom is 0.217 e. The van der Waals surface area contributed by atoms with Crippen molar-refractivity contribution in [3.63, 3.8) is 0 Å². The first kappa shape index (κ1) is 12.8. The molecule has 1 unspecified atom stereocenters. The zero-order valence-corrected chi connectivity index (χ0v) is 10.3. The summed E-state index contributed by atoms with van der Waals surface area (Å²) in [5.74, 6) is -0.0113. The van der Waals surface area contributed by atoms with Gasteiger partial charge in [0.15, 0.2) is 0 Å². The van der Waals surface area contributed by atoms with Crippen LogP contribution >= 0.6 is 12.2 Å². The van der Waals surface area contributed by atoms with E-state index in [1.807, 2.05) is 0 Å². The van der Waals surface area contributed by atoms with E-state index in [0.717, 1.165) is 12.8 Å². The second-order valence-corrected chi connectivity index (χ2v) is 5.99. The van der Waals surface area contributed by atoms with Gasteiger partial charge < -0.3 is 10.5 Å². The molecule has 0 aromatic rings. The fraction of sp³-hybridized carbons (Fsp3) is 0.875. The number of thiocarbonyl (C=S) groups is 1. The van der Waals surface area contributed by atoms with Gasteiger partial charge in [-0.25, -0.2) is 8.42 Å². The Kier molecular flexibility index (Phi) is 4.45. The van der Waals surface area contributed by atoms with Crippen LogP contribution in [-0.4, -0.2) is 49.8 Å². The maximum atomic E-state index is 11.8. The quantitative estimate of drug-likeness (QED) is 0.681. The summed E-state index contributed by atoms with van der Waals surface area (Å²) in [7, 11) is -1.80. The number of ether oxygens (including phenoxy) is 1. The monoisotopic (exact) mass is 252 g/mol. The second kappa shape index (κ2) is 5.20. The third-order valence-electron chi connectivity index (χ3n) is 2.43. The molecule has 0 aromatic heterocycles. The van der Waals surface area contributed by atoms with E-state index in [-0.39, 0.29) is 23.4 Å². The summed E-state index contributed by atoms with van der Waals surface area (Å²) in [5.41, 5.74) is 5.51. The molecule has 1 aliphatic heterocycles. The number of nitrogens with zero attached hydrogens (tertiary/aromatic N) is 1. The molecule has 1 aliphatic rings. The van der Waals surface area contributed by atoms with Crippen molar-refractivity contribution in [1.82, 2.24) is 4.31 Å². The smallest absolute Gasteiger partial charge is 0.217 e. The molecule has 1 atom stereocenters. The van der Waals surface area contributed by atoms with Gasteiger partial charge in [0.05, 0.1) is 23.4 Å². The van der Waals surface area contributed by atoms with Gasteiger partial charge in [0.25, 0.3) is 0 Å². The number of hydrogen-bond acceptors (Lipinski definition) is 4. The first-order valence-electron chi connectivity index (χ1n) is 4.77. The molecule has 1 heterocycles. The van der Waals surface area contributed by atoms with E-state index in [1.165, 1.54) is 11.4 Å². The van der Waals surface area contributed by atoms with Crippen LogP contribution in [0.2, 0.25) is 0 Å². The highest BCUT2D eigenvalue weighted by Crippen LogP contribution is 2.21. The molecular weight excluding hydrogens is 236 g/mol. The Morgan fingerprint density at radius 2 is 2.33 bits per heavy atom. The maximum absolute atomic E-state index is 11.8. The van der Waals surface area contributed by atoms with E-state index in [0.29, 0.717) is 6.54 Å². The summed E-state index contributed by atoms with van der Waals surface area (Å²) in [4.78, 5) is 0.258. The fourth-order valence-electron chi connectivity index (χ4n) is 1.66. The lowest BCUT2D eigenvalue weighted by Gasteiger charge is -2.22. The Morgan fingerprint density at radius 3 is 2.87 bits per heavy atom. The lowest BCUT2D eigenvalue weighted by molar-refractivity contribution is 0.215. The molecular formula is C8H16N2O3S2. The number of methoxy groups -OCH3 is 1. The summed E-state index contributed by atoms with van der Waals surface area (Å²) >= 11 is 4.85. The Balaban J connectivity index is 2.73. The van der Waals surface area contributed by atoms with Gasteiger partial charge in [0, 0.05) is 13.7 Å². The molecule has 1 rings (SSSR count). The topological polar surface area (TPSA) is 72.6 Å². The van der Waals surface area contributed by atoms with E-state index in [1.54, 1.807) is 0 Å². The third kappa shape index (κ3) is 3.10. The van der Waals surface area contributed by atoms with E-state index in [2.05, 4.69) is 0 Å². The van der Waals surface area contributed by atoms with Crippen LogP contribution in [0.15, 0.2) is 0 Å². The van der Waals surface area contributed by atoms with E-state index in [9.17, 15) is 8.42 Å². The fourth-order valence-corrected chi connectivity index (χ4v) is 3.60. The first-order valence-corrected chi connectivity index (χ1v) is 6.78. The van der Waals surface area contributed by atoms with Crippen LogP contribution in [0.3, 0.4) is 0 Å². The minimum absolute atomic E-state index is 0.0113. The zero-order valence-electron chi connectivity index (χ0n) is 8.68. The van der Waals surface area contributed by atoms with Crippen LogP contribution in [0, 0.1) is 0 Å². The van der Waals surface area contributed by atoms with Gasteiger partial charge in [-0.3, -0.25) is 0 Å². The SMILES string of the molecule is COCCS(=O)(=O)N1CCCC1C(N)=S. The molecule has 7 heteroatoms. The highest BCUT2D eigenvalue weighted by molar-refractivity contribution is 7.89. The number of hydrogen-bond donors (Lipinski definition) is 1. The van der Waals surface area contributed by atoms with Crippen LogP contribution in [0.1, 0.15) is 12.8 Å². The molecule has 0 radical (unpaired) electrons. The van der Waals surface area contributed by atoms with E-state index < -0.39 is 10.0 Å². The molecule has 5 nitrogen and oxygen atoms in total. The normalized spacial score (nSPS) is 23.1. The van der Waals surface area contributed by atoms with Crippen LogP contribution in [-0.2, 0) is 14.8 Å². The van der Waals surface area contributed by atoms with Gasteiger partial charge in [-0.1, -0.05) is 12.2 Å². The summed E-state index contributed by atoms with van der Waals surface area (Å²) < 4.78 is 29.8. The Morgan fingerprint density at radius 1 is 1.67 bits per heavy atom. The lowest BCUT2D eigenvalue weighted by Crippen LogP contribution is -2.44. The Bertz CT molecular complexity index is 329. The molecule has 1 fully saturated rings. The minimum atomic E-state index is -3.28. The van der Waals surface area contributed by atoms with Gasteiger partial charge in [0.2, 0.25) is 10.0 Å². The van der Waals surface area contributed by atoms with Crippen LogP contribution < -0.4 is 5.73 Å². The van der Waals surface area contributed by atoms with Crippen molar-refractivity contribution < 1.29 is 13.2 Å². The van der Waals surface area contributed by atoms with Crippen molar-refractivity contribution in [1.29, 1.82) is 0 Å². The highest BCUT2D eigenvalue weighted by Gasteiger charge is 2.35. The number of sulfonamides is 1. The molecule has 0 amide bonds. The average molecular weight is 252 g/mol. The molecule has 0 aromatic carbocycles. The van der Waals surface area contributed by atoms with Gasteiger partial charge in [0.1, 0.15) is 0 Å². The number of rotatable bonds is 5. The van der Waals surface area contributed by atoms with Crippen LogP contribution in [0.4, 0.5) is 0 Å². The van der Waals surface area contributed by atoms with Gasteiger partial charge >= 0.3 is 0 Å². The zero-order chi connectivity index (χ0) is 11.5. The van der Waals surface area contributed by atoms with Crippen molar-refractivity contribution in [3.05, 3.63) is 0 Å². The van der Waals surface area contributed by atoms with Gasteiger partial charge in [-0.2, -0.15) is 4.31 Å². The average Bonchev–Trinajstić information content (AvgIpc) is 2.63. The van der Waals surface area contributed by atoms with E-state index in [4.69, 9.17) is 22.7 Å². The van der Waals surface area contributed by atoms with Gasteiger partial charge in [-0.05, 0) is 12.8 Å². The molecule has 0 bridgehead atoms. The van der Waals surface area contributed by atoms with Crippen molar-refractivity contribution in [3.8, 4) is 0 Å². The Labute approximate surface area is 95.6 Å². The predicted octanol–water partition coefficient (Wildman–Crippen LogP) is -0.287. The van der Waals surface area contributed by atoms with Crippen molar-refractivity contribution in [2.75, 3.05) is 26.0 Å². The van der Waals surface area contributed by atoms with Crippen molar-refractivity contribution >= 4 is 27.2 Å². The summed E-state index contributed by atoms with van der Waals surface area (Å²) in [6.45, 7) is 0.705. The van der Waals surface area contributed by atoms with Crippen molar-refractivity contribution in [2.45, 2.75) is 18.9 Å². The molecule has 0 spiro atoms. The molecule has 1 saturated heterocycles. The summed E-state index contributed by atoms with van der Waals surface area (Å²) in [6.07, 6.45) is 1.54. The first-order chi connectivity index (χ1) is 6.99. The van der Waals surface area contributed by atoms with E-state index >= 15 is 0 Å². The Hall–Kier alpha value is -0.240. The minimum Gasteiger partial charge on any atom is -0.392 e. The lowest BCUT2D eigenvalue weighted by atomic mass is 10.2. The second-order valence-electron chi connectivity index (χ2n) is 3.48. The van der Waals surface area contributed by atoms with Crippen molar-refractivity contribution in [2.24, 2.45) is 5.73 Å². The van der Waals surface area contributed by atoms with Gasteiger partial charge in [-0.15, -0.1) is 0 Å². The molecule has 2 N–H and O–H groups in total. The van der Waals surface area contributed by atoms with Crippen LogP contribution in [0.5, 0.6) is 0 Å². The summed E-state index contributed by atoms with van der Waals surface area (Å²) in [5, 5.41) is 0. The third-order valence-corrected chi connectivity index (χ3v) is 4.54. The molecule has 0 saturated carbocycles. The molecule has 88 valence electrons.